The summed E-state index contributed by atoms with van der Waals surface area (Å²) in [6.07, 6.45) is 1.09. The van der Waals surface area contributed by atoms with Crippen LogP contribution in [0.25, 0.3) is 0 Å². The lowest BCUT2D eigenvalue weighted by Crippen LogP contribution is -2.42. The Morgan fingerprint density at radius 2 is 2.00 bits per heavy atom. The van der Waals surface area contributed by atoms with Gasteiger partial charge in [0.15, 0.2) is 5.69 Å². The van der Waals surface area contributed by atoms with Crippen LogP contribution in [0.5, 0.6) is 17.2 Å². The maximum absolute atomic E-state index is 12.7. The fourth-order valence-corrected chi connectivity index (χ4v) is 4.84. The summed E-state index contributed by atoms with van der Waals surface area (Å²) in [6, 6.07) is 5.03. The van der Waals surface area contributed by atoms with Gasteiger partial charge in [0.1, 0.15) is 11.5 Å². The lowest BCUT2D eigenvalue weighted by atomic mass is 10.2. The molecule has 12 heteroatoms. The van der Waals surface area contributed by atoms with Crippen molar-refractivity contribution in [3.05, 3.63) is 39.8 Å². The molecule has 0 atom stereocenters. The number of amides is 1. The molecule has 1 aliphatic rings. The molecule has 0 unspecified atom stereocenters. The molecule has 168 valence electrons. The first-order valence-corrected chi connectivity index (χ1v) is 11.1. The van der Waals surface area contributed by atoms with Gasteiger partial charge in [-0.1, -0.05) is 0 Å². The number of hydrogen-bond donors (Lipinski definition) is 2. The van der Waals surface area contributed by atoms with Crippen molar-refractivity contribution in [1.29, 1.82) is 0 Å². The van der Waals surface area contributed by atoms with Crippen LogP contribution in [0.3, 0.4) is 0 Å². The summed E-state index contributed by atoms with van der Waals surface area (Å²) in [6.45, 7) is 0.150. The van der Waals surface area contributed by atoms with Gasteiger partial charge in [-0.3, -0.25) is 14.2 Å². The molecule has 1 aliphatic heterocycles. The van der Waals surface area contributed by atoms with Crippen molar-refractivity contribution in [3.63, 3.8) is 0 Å². The number of rotatable bonds is 6. The van der Waals surface area contributed by atoms with Crippen LogP contribution in [0.1, 0.15) is 28.9 Å². The van der Waals surface area contributed by atoms with Crippen LogP contribution in [0.15, 0.2) is 23.0 Å². The predicted molar refractivity (Wildman–Crippen MR) is 112 cm³/mol. The third kappa shape index (κ3) is 4.43. The molecule has 2 heterocycles. The Balaban J connectivity index is 1.91. The number of methoxy groups -OCH3 is 2. The quantitative estimate of drug-likeness (QED) is 0.640. The Hall–Kier alpha value is -3.28. The molecule has 1 aromatic carbocycles. The molecule has 3 rings (SSSR count). The lowest BCUT2D eigenvalue weighted by molar-refractivity contribution is 0.0942. The number of carbonyl (C=O) groups excluding carboxylic acids is 1. The minimum absolute atomic E-state index is 0.0136. The fraction of sp³-hybridized carbons (Fsp3) is 0.421. The highest BCUT2D eigenvalue weighted by Crippen LogP contribution is 2.25. The van der Waals surface area contributed by atoms with E-state index in [2.05, 4.69) is 10.3 Å². The van der Waals surface area contributed by atoms with E-state index in [4.69, 9.17) is 9.47 Å². The normalized spacial score (nSPS) is 15.4. The molecule has 1 saturated heterocycles. The van der Waals surface area contributed by atoms with Crippen molar-refractivity contribution >= 4 is 21.9 Å². The van der Waals surface area contributed by atoms with E-state index in [1.165, 1.54) is 21.3 Å². The van der Waals surface area contributed by atoms with E-state index in [1.54, 1.807) is 18.2 Å². The Labute approximate surface area is 179 Å². The minimum atomic E-state index is -3.67. The molecule has 2 N–H and O–H groups in total. The third-order valence-corrected chi connectivity index (χ3v) is 6.79. The van der Waals surface area contributed by atoms with Crippen LogP contribution in [-0.4, -0.2) is 55.5 Å². The van der Waals surface area contributed by atoms with Gasteiger partial charge >= 0.3 is 0 Å². The summed E-state index contributed by atoms with van der Waals surface area (Å²) < 4.78 is 37.2. The van der Waals surface area contributed by atoms with Gasteiger partial charge in [-0.05, 0) is 25.0 Å². The monoisotopic (exact) mass is 452 g/mol. The predicted octanol–water partition coefficient (Wildman–Crippen LogP) is 0.363. The SMILES string of the molecule is COc1ccc(CNC(=O)c2nc(N3CCCCS3(=O)=O)n(C)c(=O)c2O)c(OC)c1. The van der Waals surface area contributed by atoms with Crippen molar-refractivity contribution in [3.8, 4) is 17.2 Å². The van der Waals surface area contributed by atoms with Crippen molar-refractivity contribution < 1.29 is 27.8 Å². The number of anilines is 1. The molecular weight excluding hydrogens is 428 g/mol. The molecule has 11 nitrogen and oxygen atoms in total. The standard InChI is InChI=1S/C19H24N4O7S/c1-22-18(26)16(24)15(21-19(22)23-8-4-5-9-31(23,27)28)17(25)20-11-12-6-7-13(29-2)10-14(12)30-3/h6-7,10,24H,4-5,8-9,11H2,1-3H3,(H,20,25). The number of aromatic nitrogens is 2. The second-order valence-corrected chi connectivity index (χ2v) is 8.94. The zero-order chi connectivity index (χ0) is 22.8. The van der Waals surface area contributed by atoms with E-state index < -0.39 is 32.9 Å². The van der Waals surface area contributed by atoms with Gasteiger partial charge in [0, 0.05) is 31.8 Å². The Kier molecular flexibility index (Phi) is 6.39. The van der Waals surface area contributed by atoms with Gasteiger partial charge in [-0.15, -0.1) is 0 Å². The van der Waals surface area contributed by atoms with Gasteiger partial charge in [-0.25, -0.2) is 17.7 Å². The van der Waals surface area contributed by atoms with Gasteiger partial charge in [0.05, 0.1) is 20.0 Å². The topological polar surface area (TPSA) is 140 Å². The molecule has 0 spiro atoms. The number of nitrogens with one attached hydrogen (secondary N) is 1. The Morgan fingerprint density at radius 3 is 2.65 bits per heavy atom. The highest BCUT2D eigenvalue weighted by atomic mass is 32.2. The molecule has 2 aromatic rings. The lowest BCUT2D eigenvalue weighted by Gasteiger charge is -2.28. The van der Waals surface area contributed by atoms with Crippen molar-refractivity contribution in [2.75, 3.05) is 30.8 Å². The third-order valence-electron chi connectivity index (χ3n) is 4.96. The van der Waals surface area contributed by atoms with E-state index >= 15 is 0 Å². The zero-order valence-electron chi connectivity index (χ0n) is 17.4. The Bertz CT molecular complexity index is 1160. The zero-order valence-corrected chi connectivity index (χ0v) is 18.2. The van der Waals surface area contributed by atoms with E-state index in [-0.39, 0.29) is 24.8 Å². The van der Waals surface area contributed by atoms with Gasteiger partial charge in [0.2, 0.25) is 21.7 Å². The van der Waals surface area contributed by atoms with Gasteiger partial charge in [0.25, 0.3) is 11.5 Å². The maximum atomic E-state index is 12.7. The van der Waals surface area contributed by atoms with Gasteiger partial charge in [-0.2, -0.15) is 0 Å². The van der Waals surface area contributed by atoms with Crippen LogP contribution in [-0.2, 0) is 23.6 Å². The molecule has 1 fully saturated rings. The molecule has 0 bridgehead atoms. The van der Waals surface area contributed by atoms with Crippen LogP contribution in [0, 0.1) is 0 Å². The van der Waals surface area contributed by atoms with Crippen LogP contribution < -0.4 is 24.7 Å². The molecule has 0 radical (unpaired) electrons. The van der Waals surface area contributed by atoms with Crippen molar-refractivity contribution in [2.24, 2.45) is 7.05 Å². The first kappa shape index (κ1) is 22.4. The molecule has 1 aromatic heterocycles. The highest BCUT2D eigenvalue weighted by molar-refractivity contribution is 7.92. The first-order chi connectivity index (χ1) is 14.7. The summed E-state index contributed by atoms with van der Waals surface area (Å²) in [5.41, 5.74) is -0.844. The number of sulfonamides is 1. The number of carbonyl (C=O) groups is 1. The van der Waals surface area contributed by atoms with E-state index in [0.29, 0.717) is 29.9 Å². The molecular formula is C19H24N4O7S. The highest BCUT2D eigenvalue weighted by Gasteiger charge is 2.31. The summed E-state index contributed by atoms with van der Waals surface area (Å²) >= 11 is 0. The number of ether oxygens (including phenoxy) is 2. The van der Waals surface area contributed by atoms with Gasteiger partial charge < -0.3 is 19.9 Å². The maximum Gasteiger partial charge on any atom is 0.297 e. The Morgan fingerprint density at radius 1 is 1.26 bits per heavy atom. The summed E-state index contributed by atoms with van der Waals surface area (Å²) in [5.74, 6) is -0.938. The van der Waals surface area contributed by atoms with E-state index in [0.717, 1.165) is 8.87 Å². The second-order valence-electron chi connectivity index (χ2n) is 6.93. The fourth-order valence-electron chi connectivity index (χ4n) is 3.23. The van der Waals surface area contributed by atoms with Crippen molar-refractivity contribution in [2.45, 2.75) is 19.4 Å². The van der Waals surface area contributed by atoms with E-state index in [1.807, 2.05) is 0 Å². The number of aromatic hydroxyl groups is 1. The molecule has 1 amide bonds. The first-order valence-electron chi connectivity index (χ1n) is 9.49. The number of nitrogens with zero attached hydrogens (tertiary/aromatic N) is 3. The number of benzene rings is 1. The van der Waals surface area contributed by atoms with Crippen molar-refractivity contribution in [1.82, 2.24) is 14.9 Å². The molecule has 31 heavy (non-hydrogen) atoms. The molecule has 0 aliphatic carbocycles. The van der Waals surface area contributed by atoms with Crippen LogP contribution in [0.2, 0.25) is 0 Å². The summed E-state index contributed by atoms with van der Waals surface area (Å²) in [5, 5.41) is 12.8. The smallest absolute Gasteiger partial charge is 0.297 e. The minimum Gasteiger partial charge on any atom is -0.501 e. The molecule has 0 saturated carbocycles. The summed E-state index contributed by atoms with van der Waals surface area (Å²) in [4.78, 5) is 29.2. The largest absolute Gasteiger partial charge is 0.501 e. The van der Waals surface area contributed by atoms with E-state index in [9.17, 15) is 23.1 Å². The van der Waals surface area contributed by atoms with Crippen LogP contribution >= 0.6 is 0 Å². The number of hydrogen-bond acceptors (Lipinski definition) is 8. The second kappa shape index (κ2) is 8.84. The average Bonchev–Trinajstić information content (AvgIpc) is 2.76. The summed E-state index contributed by atoms with van der Waals surface area (Å²) in [7, 11) is 0.604. The van der Waals surface area contributed by atoms with Crippen LogP contribution in [0.4, 0.5) is 5.95 Å². The average molecular weight is 452 g/mol.